The lowest BCUT2D eigenvalue weighted by atomic mass is 9.74. The van der Waals surface area contributed by atoms with Crippen molar-refractivity contribution >= 4 is 15.9 Å². The molecule has 7 heteroatoms. The number of sulfonamides is 1. The number of hydrogen-bond acceptors (Lipinski definition) is 4. The molecule has 2 aliphatic rings. The largest absolute Gasteiger partial charge is 0.394 e. The van der Waals surface area contributed by atoms with Crippen molar-refractivity contribution in [1.82, 2.24) is 9.21 Å². The van der Waals surface area contributed by atoms with E-state index >= 15 is 0 Å². The van der Waals surface area contributed by atoms with Crippen molar-refractivity contribution in [2.45, 2.75) is 22.9 Å². The van der Waals surface area contributed by atoms with Gasteiger partial charge >= 0.3 is 0 Å². The van der Waals surface area contributed by atoms with Gasteiger partial charge in [-0.3, -0.25) is 4.79 Å². The quantitative estimate of drug-likeness (QED) is 0.592. The topological polar surface area (TPSA) is 77.9 Å². The maximum absolute atomic E-state index is 13.1. The van der Waals surface area contributed by atoms with Gasteiger partial charge in [-0.1, -0.05) is 60.4 Å². The lowest BCUT2D eigenvalue weighted by Gasteiger charge is -2.58. The normalized spacial score (nSPS) is 22.3. The van der Waals surface area contributed by atoms with E-state index in [9.17, 15) is 18.3 Å². The zero-order chi connectivity index (χ0) is 23.7. The van der Waals surface area contributed by atoms with Crippen LogP contribution in [0, 0.1) is 11.8 Å². The summed E-state index contributed by atoms with van der Waals surface area (Å²) >= 11 is 0. The first-order valence-electron chi connectivity index (χ1n) is 11.1. The molecule has 6 nitrogen and oxygen atoms in total. The van der Waals surface area contributed by atoms with Crippen molar-refractivity contribution in [3.63, 3.8) is 0 Å². The fraction of sp³-hybridized carbons (Fsp3) is 0.222. The molecule has 0 radical (unpaired) electrons. The van der Waals surface area contributed by atoms with Crippen molar-refractivity contribution in [2.24, 2.45) is 0 Å². The van der Waals surface area contributed by atoms with Gasteiger partial charge in [-0.2, -0.15) is 4.31 Å². The highest BCUT2D eigenvalue weighted by Gasteiger charge is 2.55. The van der Waals surface area contributed by atoms with Crippen LogP contribution in [0.25, 0.3) is 0 Å². The fourth-order valence-electron chi connectivity index (χ4n) is 4.85. The van der Waals surface area contributed by atoms with Gasteiger partial charge in [-0.15, -0.1) is 0 Å². The first kappa shape index (κ1) is 22.4. The maximum Gasteiger partial charge on any atom is 0.243 e. The molecule has 2 aliphatic heterocycles. The number of carbonyl (C=O) groups excluding carboxylic acids is 1. The molecule has 3 atom stereocenters. The monoisotopic (exact) mass is 472 g/mol. The molecule has 172 valence electrons. The Balaban J connectivity index is 1.38. The van der Waals surface area contributed by atoms with Gasteiger partial charge in [0.2, 0.25) is 15.9 Å². The molecule has 3 aromatic carbocycles. The van der Waals surface area contributed by atoms with Gasteiger partial charge in [0.25, 0.3) is 0 Å². The van der Waals surface area contributed by atoms with E-state index < -0.39 is 10.0 Å². The van der Waals surface area contributed by atoms with Crippen molar-refractivity contribution in [3.8, 4) is 11.8 Å². The first-order valence-corrected chi connectivity index (χ1v) is 12.6. The maximum atomic E-state index is 13.1. The summed E-state index contributed by atoms with van der Waals surface area (Å²) in [5.74, 6) is 5.84. The second-order valence-electron chi connectivity index (χ2n) is 8.49. The van der Waals surface area contributed by atoms with E-state index in [1.54, 1.807) is 23.1 Å². The van der Waals surface area contributed by atoms with Gasteiger partial charge in [0.1, 0.15) is 0 Å². The number of aliphatic hydroxyl groups is 1. The molecule has 2 heterocycles. The minimum absolute atomic E-state index is 0.154. The van der Waals surface area contributed by atoms with Gasteiger partial charge in [-0.25, -0.2) is 8.42 Å². The third-order valence-electron chi connectivity index (χ3n) is 6.52. The van der Waals surface area contributed by atoms with Crippen LogP contribution in [0.3, 0.4) is 0 Å². The lowest BCUT2D eigenvalue weighted by molar-refractivity contribution is -0.158. The number of nitrogens with zero attached hydrogens (tertiary/aromatic N) is 2. The Morgan fingerprint density at radius 3 is 2.06 bits per heavy atom. The molecule has 0 bridgehead atoms. The van der Waals surface area contributed by atoms with Crippen LogP contribution in [-0.2, 0) is 14.8 Å². The summed E-state index contributed by atoms with van der Waals surface area (Å²) in [5, 5.41) is 10.00. The van der Waals surface area contributed by atoms with Crippen molar-refractivity contribution in [2.75, 3.05) is 19.7 Å². The number of fused-ring (bicyclic) bond motifs is 1. The summed E-state index contributed by atoms with van der Waals surface area (Å²) in [7, 11) is -3.78. The summed E-state index contributed by atoms with van der Waals surface area (Å²) in [4.78, 5) is 14.7. The minimum Gasteiger partial charge on any atom is -0.394 e. The van der Waals surface area contributed by atoms with Crippen molar-refractivity contribution in [1.29, 1.82) is 0 Å². The number of benzene rings is 3. The van der Waals surface area contributed by atoms with Crippen LogP contribution < -0.4 is 0 Å². The van der Waals surface area contributed by atoms with Crippen LogP contribution in [-0.4, -0.2) is 60.4 Å². The summed E-state index contributed by atoms with van der Waals surface area (Å²) < 4.78 is 27.5. The Morgan fingerprint density at radius 2 is 1.44 bits per heavy atom. The van der Waals surface area contributed by atoms with Crippen LogP contribution in [0.4, 0.5) is 0 Å². The van der Waals surface area contributed by atoms with Crippen LogP contribution in [0.2, 0.25) is 0 Å². The Kier molecular flexibility index (Phi) is 5.96. The molecular formula is C27H24N2O4S. The molecule has 34 heavy (non-hydrogen) atoms. The molecule has 2 fully saturated rings. The Hall–Kier alpha value is -3.44. The summed E-state index contributed by atoms with van der Waals surface area (Å²) in [6.45, 7) is -0.196. The van der Waals surface area contributed by atoms with Crippen LogP contribution in [0.15, 0.2) is 89.8 Å². The molecule has 1 amide bonds. The molecule has 0 spiro atoms. The van der Waals surface area contributed by atoms with E-state index in [0.29, 0.717) is 0 Å². The minimum atomic E-state index is -3.78. The van der Waals surface area contributed by atoms with Crippen molar-refractivity contribution in [3.05, 3.63) is 102 Å². The van der Waals surface area contributed by atoms with Crippen LogP contribution in [0.5, 0.6) is 0 Å². The molecule has 0 aliphatic carbocycles. The third-order valence-corrected chi connectivity index (χ3v) is 8.35. The number of carbonyl (C=O) groups is 1. The molecule has 2 saturated heterocycles. The Labute approximate surface area is 199 Å². The number of amides is 1. The predicted molar refractivity (Wildman–Crippen MR) is 128 cm³/mol. The average molecular weight is 473 g/mol. The van der Waals surface area contributed by atoms with E-state index in [0.717, 1.165) is 16.7 Å². The highest BCUT2D eigenvalue weighted by atomic mass is 32.2. The highest BCUT2D eigenvalue weighted by molar-refractivity contribution is 7.89. The average Bonchev–Trinajstić information content (AvgIpc) is 2.86. The standard InChI is InChI=1S/C27H24N2O4S/c30-19-25-27(22-15-13-21(14-16-22)12-11-20-7-3-1-4-8-20)24-17-28(18-26(31)29(24)25)34(32,33)23-9-5-2-6-10-23/h1-10,13-16,24-25,27,30H,17-19H2/t24-,25+,27+/m0/s1. The zero-order valence-corrected chi connectivity index (χ0v) is 19.2. The number of piperazine rings is 1. The lowest BCUT2D eigenvalue weighted by Crippen LogP contribution is -2.73. The third kappa shape index (κ3) is 4.01. The summed E-state index contributed by atoms with van der Waals surface area (Å²) in [6, 6.07) is 25.0. The number of hydrogen-bond donors (Lipinski definition) is 1. The smallest absolute Gasteiger partial charge is 0.243 e. The first-order chi connectivity index (χ1) is 16.5. The second-order valence-corrected chi connectivity index (χ2v) is 10.4. The SMILES string of the molecule is O=C1CN(S(=O)(=O)c2ccccc2)C[C@H]2[C@@H](c3ccc(C#Cc4ccccc4)cc3)[C@@H](CO)N12. The number of aliphatic hydroxyl groups excluding tert-OH is 1. The molecule has 0 aromatic heterocycles. The molecule has 0 saturated carbocycles. The molecule has 1 N–H and O–H groups in total. The molecule has 5 rings (SSSR count). The molecular weight excluding hydrogens is 448 g/mol. The van der Waals surface area contributed by atoms with E-state index in [1.807, 2.05) is 54.6 Å². The summed E-state index contributed by atoms with van der Waals surface area (Å²) in [5.41, 5.74) is 2.75. The number of rotatable bonds is 4. The molecule has 3 aromatic rings. The van der Waals surface area contributed by atoms with E-state index in [4.69, 9.17) is 0 Å². The van der Waals surface area contributed by atoms with Crippen LogP contribution in [0.1, 0.15) is 22.6 Å². The van der Waals surface area contributed by atoms with Gasteiger partial charge in [0.05, 0.1) is 30.1 Å². The van der Waals surface area contributed by atoms with Gasteiger partial charge < -0.3 is 10.0 Å². The Morgan fingerprint density at radius 1 is 0.853 bits per heavy atom. The van der Waals surface area contributed by atoms with Crippen LogP contribution >= 0.6 is 0 Å². The second kappa shape index (κ2) is 9.07. The van der Waals surface area contributed by atoms with Crippen molar-refractivity contribution < 1.29 is 18.3 Å². The molecule has 0 unspecified atom stereocenters. The van der Waals surface area contributed by atoms with Gasteiger partial charge in [0.15, 0.2) is 0 Å². The predicted octanol–water partition coefficient (Wildman–Crippen LogP) is 2.45. The van der Waals surface area contributed by atoms with Gasteiger partial charge in [-0.05, 0) is 42.0 Å². The Bertz CT molecular complexity index is 1350. The van der Waals surface area contributed by atoms with Gasteiger partial charge in [0, 0.05) is 23.6 Å². The van der Waals surface area contributed by atoms with E-state index in [-0.39, 0.29) is 48.5 Å². The van der Waals surface area contributed by atoms with E-state index in [2.05, 4.69) is 11.8 Å². The van der Waals surface area contributed by atoms with E-state index in [1.165, 1.54) is 16.4 Å². The fourth-order valence-corrected chi connectivity index (χ4v) is 6.28. The summed E-state index contributed by atoms with van der Waals surface area (Å²) in [6.07, 6.45) is 0. The highest BCUT2D eigenvalue weighted by Crippen LogP contribution is 2.43. The zero-order valence-electron chi connectivity index (χ0n) is 18.4.